The molecule has 0 aromatic heterocycles. The maximum atomic E-state index is 3.65. The van der Waals surface area contributed by atoms with E-state index in [1.807, 2.05) is 6.08 Å². The second kappa shape index (κ2) is 5.96. The molecule has 0 spiro atoms. The molecule has 0 amide bonds. The Morgan fingerprint density at radius 2 is 2.43 bits per heavy atom. The van der Waals surface area contributed by atoms with Crippen LogP contribution in [0, 0.1) is 0 Å². The van der Waals surface area contributed by atoms with Crippen molar-refractivity contribution in [1.29, 1.82) is 0 Å². The Morgan fingerprint density at radius 1 is 1.71 bits per heavy atom. The van der Waals surface area contributed by atoms with Gasteiger partial charge in [0.1, 0.15) is 0 Å². The van der Waals surface area contributed by atoms with Gasteiger partial charge in [-0.1, -0.05) is 25.1 Å². The van der Waals surface area contributed by atoms with Gasteiger partial charge in [-0.25, -0.2) is 0 Å². The van der Waals surface area contributed by atoms with Crippen LogP contribution in [0.5, 0.6) is 0 Å². The van der Waals surface area contributed by atoms with Gasteiger partial charge in [0.15, 0.2) is 0 Å². The molecule has 0 bridgehead atoms. The Morgan fingerprint density at radius 3 is 2.86 bits per heavy atom. The predicted molar refractivity (Wildman–Crippen MR) is 38.6 cm³/mol. The van der Waals surface area contributed by atoms with Crippen LogP contribution in [0.25, 0.3) is 0 Å². The Bertz CT molecular complexity index is 41.4. The Hall–Kier alpha value is -0.0431. The molecule has 0 atom stereocenters. The average molecular weight is 114 g/mol. The predicted octanol–water partition coefficient (Wildman–Crippen LogP) is 1.59. The summed E-state index contributed by atoms with van der Waals surface area (Å²) in [6.07, 6.45) is 4.61. The van der Waals surface area contributed by atoms with Crippen molar-refractivity contribution < 1.29 is 0 Å². The summed E-state index contributed by atoms with van der Waals surface area (Å²) in [4.78, 5) is 0. The van der Waals surface area contributed by atoms with E-state index in [1.165, 1.54) is 18.9 Å². The highest BCUT2D eigenvalue weighted by molar-refractivity contribution is 6.33. The van der Waals surface area contributed by atoms with Crippen LogP contribution in [0.3, 0.4) is 0 Å². The highest BCUT2D eigenvalue weighted by Crippen LogP contribution is 1.93. The van der Waals surface area contributed by atoms with Crippen molar-refractivity contribution >= 4 is 9.52 Å². The van der Waals surface area contributed by atoms with Gasteiger partial charge in [-0.3, -0.25) is 0 Å². The molecule has 42 valence electrons. The quantitative estimate of drug-likeness (QED) is 0.296. The molecule has 0 aromatic rings. The van der Waals surface area contributed by atoms with Crippen molar-refractivity contribution in [2.24, 2.45) is 0 Å². The van der Waals surface area contributed by atoms with E-state index in [0.29, 0.717) is 9.52 Å². The van der Waals surface area contributed by atoms with E-state index in [-0.39, 0.29) is 0 Å². The van der Waals surface area contributed by atoms with E-state index in [4.69, 9.17) is 0 Å². The number of hydrogen-bond acceptors (Lipinski definition) is 0. The van der Waals surface area contributed by atoms with Gasteiger partial charge in [-0.15, -0.1) is 6.58 Å². The van der Waals surface area contributed by atoms with Crippen LogP contribution in [0.1, 0.15) is 12.8 Å². The van der Waals surface area contributed by atoms with Crippen LogP contribution in [-0.2, 0) is 0 Å². The fraction of sp³-hybridized carbons (Fsp3) is 0.667. The lowest BCUT2D eigenvalue weighted by molar-refractivity contribution is 0.953. The van der Waals surface area contributed by atoms with E-state index in [9.17, 15) is 0 Å². The molecule has 7 heavy (non-hydrogen) atoms. The van der Waals surface area contributed by atoms with Crippen LogP contribution < -0.4 is 0 Å². The highest BCUT2D eigenvalue weighted by atomic mass is 28.2. The van der Waals surface area contributed by atoms with Crippen molar-refractivity contribution in [2.75, 3.05) is 0 Å². The van der Waals surface area contributed by atoms with Crippen LogP contribution in [0.2, 0.25) is 12.6 Å². The molecule has 0 aliphatic heterocycles. The maximum absolute atomic E-state index is 3.65. The summed E-state index contributed by atoms with van der Waals surface area (Å²) >= 11 is 0. The van der Waals surface area contributed by atoms with Crippen LogP contribution in [-0.4, -0.2) is 9.52 Å². The van der Waals surface area contributed by atoms with Crippen LogP contribution >= 0.6 is 0 Å². The minimum absolute atomic E-state index is 0.346. The van der Waals surface area contributed by atoms with Crippen molar-refractivity contribution in [3.8, 4) is 0 Å². The lowest BCUT2D eigenvalue weighted by Crippen LogP contribution is -1.77. The van der Waals surface area contributed by atoms with Crippen molar-refractivity contribution in [3.63, 3.8) is 0 Å². The normalized spacial score (nSPS) is 10.4. The first-order valence-corrected chi connectivity index (χ1v) is 5.44. The zero-order valence-corrected chi connectivity index (χ0v) is 6.53. The zero-order chi connectivity index (χ0) is 5.54. The molecule has 0 fully saturated rings. The summed E-state index contributed by atoms with van der Waals surface area (Å²) in [6, 6.07) is 1.49. The topological polar surface area (TPSA) is 0 Å². The van der Waals surface area contributed by atoms with Gasteiger partial charge in [0.2, 0.25) is 0 Å². The van der Waals surface area contributed by atoms with Gasteiger partial charge in [0, 0.05) is 9.52 Å². The first-order valence-electron chi connectivity index (χ1n) is 3.02. The molecule has 0 rings (SSSR count). The van der Waals surface area contributed by atoms with E-state index < -0.39 is 0 Å². The zero-order valence-electron chi connectivity index (χ0n) is 5.11. The summed E-state index contributed by atoms with van der Waals surface area (Å²) in [5, 5.41) is 0. The maximum Gasteiger partial charge on any atom is 0.0166 e. The molecule has 0 N–H and O–H groups in total. The molecule has 0 nitrogen and oxygen atoms in total. The Kier molecular flexibility index (Phi) is 5.92. The molecular weight excluding hydrogens is 100 g/mol. The minimum Gasteiger partial charge on any atom is -0.103 e. The first-order chi connectivity index (χ1) is 3.41. The first kappa shape index (κ1) is 6.96. The highest BCUT2D eigenvalue weighted by Gasteiger charge is 1.78. The monoisotopic (exact) mass is 114 g/mol. The largest absolute Gasteiger partial charge is 0.103 e. The summed E-state index contributed by atoms with van der Waals surface area (Å²) in [5.41, 5.74) is 0. The second-order valence-electron chi connectivity index (χ2n) is 1.78. The van der Waals surface area contributed by atoms with E-state index in [0.717, 1.165) is 0 Å². The second-order valence-corrected chi connectivity index (χ2v) is 3.49. The molecule has 0 saturated heterocycles. The summed E-state index contributed by atoms with van der Waals surface area (Å²) in [5.74, 6) is 0. The molecule has 1 heteroatoms. The fourth-order valence-electron chi connectivity index (χ4n) is 0.539. The van der Waals surface area contributed by atoms with Gasteiger partial charge in [-0.2, -0.15) is 0 Å². The number of rotatable bonds is 4. The van der Waals surface area contributed by atoms with E-state index in [1.54, 1.807) is 0 Å². The Labute approximate surface area is 48.4 Å². The third kappa shape index (κ3) is 5.96. The molecule has 0 radical (unpaired) electrons. The number of allylic oxidation sites excluding steroid dienone is 1. The van der Waals surface area contributed by atoms with Gasteiger partial charge in [-0.05, 0) is 6.42 Å². The molecule has 0 aliphatic rings. The minimum atomic E-state index is 0.346. The lowest BCUT2D eigenvalue weighted by atomic mass is 10.3. The molecule has 0 saturated carbocycles. The average Bonchev–Trinajstić information content (AvgIpc) is 1.69. The van der Waals surface area contributed by atoms with Crippen molar-refractivity contribution in [2.45, 2.75) is 25.4 Å². The lowest BCUT2D eigenvalue weighted by Gasteiger charge is -1.87. The molecule has 0 aromatic carbocycles. The summed E-state index contributed by atoms with van der Waals surface area (Å²) in [6.45, 7) is 6.00. The van der Waals surface area contributed by atoms with Gasteiger partial charge < -0.3 is 0 Å². The van der Waals surface area contributed by atoms with Crippen LogP contribution in [0.15, 0.2) is 12.7 Å². The third-order valence-corrected chi connectivity index (χ3v) is 2.22. The summed E-state index contributed by atoms with van der Waals surface area (Å²) < 4.78 is 0. The Balaban J connectivity index is 2.56. The molecule has 0 aliphatic carbocycles. The summed E-state index contributed by atoms with van der Waals surface area (Å²) in [7, 11) is 0.346. The standard InChI is InChI=1S/C6H14Si/c1-3-4-5-6-7-2/h3H,1,4-7H2,2H3. The van der Waals surface area contributed by atoms with E-state index in [2.05, 4.69) is 13.1 Å². The van der Waals surface area contributed by atoms with Gasteiger partial charge in [0.25, 0.3) is 0 Å². The molecule has 0 heterocycles. The van der Waals surface area contributed by atoms with E-state index >= 15 is 0 Å². The molecular formula is C6H14Si. The van der Waals surface area contributed by atoms with Crippen LogP contribution in [0.4, 0.5) is 0 Å². The van der Waals surface area contributed by atoms with Gasteiger partial charge in [0.05, 0.1) is 0 Å². The third-order valence-electron chi connectivity index (χ3n) is 1.01. The number of unbranched alkanes of at least 4 members (excludes halogenated alkanes) is 1. The van der Waals surface area contributed by atoms with Crippen molar-refractivity contribution in [1.82, 2.24) is 0 Å². The fourth-order valence-corrected chi connectivity index (χ4v) is 1.33. The van der Waals surface area contributed by atoms with Gasteiger partial charge >= 0.3 is 0 Å². The molecule has 0 unspecified atom stereocenters. The smallest absolute Gasteiger partial charge is 0.0166 e. The SMILES string of the molecule is C=CCCC[SiH2]C. The number of hydrogen-bond donors (Lipinski definition) is 0. The van der Waals surface area contributed by atoms with Crippen molar-refractivity contribution in [3.05, 3.63) is 12.7 Å².